The zero-order valence-electron chi connectivity index (χ0n) is 6.81. The lowest BCUT2D eigenvalue weighted by atomic mass is 10.1. The first-order chi connectivity index (χ1) is 6.31. The Bertz CT molecular complexity index is 229. The fourth-order valence-corrected chi connectivity index (χ4v) is 0.874. The van der Waals surface area contributed by atoms with E-state index >= 15 is 0 Å². The molecule has 92 valence electrons. The Morgan fingerprint density at radius 3 is 1.20 bits per heavy atom. The summed E-state index contributed by atoms with van der Waals surface area (Å²) in [7, 11) is 0. The maximum atomic E-state index is 12.2. The number of hydrogen-bond donors (Lipinski definition) is 0. The highest BCUT2D eigenvalue weighted by atomic mass is 32.2. The Morgan fingerprint density at radius 2 is 1.00 bits per heavy atom. The van der Waals surface area contributed by atoms with Gasteiger partial charge in [0.25, 0.3) is 0 Å². The first-order valence-electron chi connectivity index (χ1n) is 3.06. The molecule has 0 aromatic carbocycles. The monoisotopic (exact) mass is 266 g/mol. The largest absolute Gasteiger partial charge is 0.460 e. The highest BCUT2D eigenvalue weighted by Gasteiger charge is 2.81. The lowest BCUT2D eigenvalue weighted by Gasteiger charge is -2.32. The van der Waals surface area contributed by atoms with Gasteiger partial charge < -0.3 is 0 Å². The van der Waals surface area contributed by atoms with Crippen molar-refractivity contribution in [2.24, 2.45) is 0 Å². The van der Waals surface area contributed by atoms with Crippen LogP contribution in [0.15, 0.2) is 0 Å². The normalized spacial score (nSPS) is 15.6. The SMILES string of the molecule is CSC(F)(F)C(F)(F)C(F)(F)C(F)(F)F. The van der Waals surface area contributed by atoms with Gasteiger partial charge in [0, 0.05) is 0 Å². The number of rotatable bonds is 3. The summed E-state index contributed by atoms with van der Waals surface area (Å²) >= 11 is -1.09. The van der Waals surface area contributed by atoms with Crippen molar-refractivity contribution in [3.05, 3.63) is 0 Å². The van der Waals surface area contributed by atoms with Gasteiger partial charge in [-0.05, 0) is 6.26 Å². The van der Waals surface area contributed by atoms with Crippen LogP contribution in [0.2, 0.25) is 0 Å². The van der Waals surface area contributed by atoms with Crippen LogP contribution in [0.25, 0.3) is 0 Å². The van der Waals surface area contributed by atoms with E-state index in [2.05, 4.69) is 0 Å². The van der Waals surface area contributed by atoms with Crippen molar-refractivity contribution in [2.75, 3.05) is 6.26 Å². The van der Waals surface area contributed by atoms with Crippen LogP contribution in [0.4, 0.5) is 39.5 Å². The van der Waals surface area contributed by atoms with Gasteiger partial charge in [-0.1, -0.05) is 11.8 Å². The average molecular weight is 266 g/mol. The van der Waals surface area contributed by atoms with Crippen LogP contribution in [0.3, 0.4) is 0 Å². The van der Waals surface area contributed by atoms with E-state index < -0.39 is 35.0 Å². The standard InChI is InChI=1S/C5H3F9S/c1-15-5(13,14)3(8,9)2(6,7)4(10,11)12/h1H3. The summed E-state index contributed by atoms with van der Waals surface area (Å²) < 4.78 is 107. The van der Waals surface area contributed by atoms with E-state index in [1.807, 2.05) is 0 Å². The van der Waals surface area contributed by atoms with Crippen molar-refractivity contribution in [1.29, 1.82) is 0 Å². The highest BCUT2D eigenvalue weighted by molar-refractivity contribution is 7.99. The van der Waals surface area contributed by atoms with Crippen LogP contribution in [0.1, 0.15) is 0 Å². The predicted molar refractivity (Wildman–Crippen MR) is 34.4 cm³/mol. The van der Waals surface area contributed by atoms with E-state index in [1.54, 1.807) is 0 Å². The smallest absolute Gasteiger partial charge is 0.191 e. The number of thioether (sulfide) groups is 1. The van der Waals surface area contributed by atoms with E-state index in [9.17, 15) is 39.5 Å². The second-order valence-corrected chi connectivity index (χ2v) is 3.29. The molecule has 0 amide bonds. The first-order valence-corrected chi connectivity index (χ1v) is 4.29. The molecule has 0 aromatic heterocycles. The Balaban J connectivity index is 5.38. The third-order valence-corrected chi connectivity index (χ3v) is 2.14. The number of alkyl halides is 9. The quantitative estimate of drug-likeness (QED) is 0.700. The molecule has 0 rings (SSSR count). The Hall–Kier alpha value is -0.280. The van der Waals surface area contributed by atoms with E-state index in [-0.39, 0.29) is 0 Å². The van der Waals surface area contributed by atoms with Crippen LogP contribution in [-0.2, 0) is 0 Å². The summed E-state index contributed by atoms with van der Waals surface area (Å²) in [6.07, 6.45) is -6.45. The highest BCUT2D eigenvalue weighted by Crippen LogP contribution is 2.55. The predicted octanol–water partition coefficient (Wildman–Crippen LogP) is 3.78. The van der Waals surface area contributed by atoms with Gasteiger partial charge in [0.1, 0.15) is 0 Å². The minimum absolute atomic E-state index is 0.292. The topological polar surface area (TPSA) is 0 Å². The molecule has 0 N–H and O–H groups in total. The molecule has 0 aliphatic rings. The fraction of sp³-hybridized carbons (Fsp3) is 1.00. The third kappa shape index (κ3) is 2.13. The molecule has 0 aromatic rings. The molecule has 0 radical (unpaired) electrons. The maximum Gasteiger partial charge on any atom is 0.460 e. The molecule has 0 aliphatic carbocycles. The van der Waals surface area contributed by atoms with E-state index in [4.69, 9.17) is 0 Å². The summed E-state index contributed by atoms with van der Waals surface area (Å²) in [4.78, 5) is 0. The molecule has 0 atom stereocenters. The van der Waals surface area contributed by atoms with Crippen molar-refractivity contribution >= 4 is 11.8 Å². The molecule has 0 heterocycles. The molecule has 0 saturated heterocycles. The number of halogens is 9. The van der Waals surface area contributed by atoms with Gasteiger partial charge in [0.05, 0.1) is 0 Å². The molecule has 0 aliphatic heterocycles. The van der Waals surface area contributed by atoms with E-state index in [0.29, 0.717) is 6.26 Å². The molecule has 0 unspecified atom stereocenters. The van der Waals surface area contributed by atoms with Crippen molar-refractivity contribution in [3.63, 3.8) is 0 Å². The second-order valence-electron chi connectivity index (χ2n) is 2.37. The summed E-state index contributed by atoms with van der Waals surface area (Å²) in [5, 5.41) is -5.51. The lowest BCUT2D eigenvalue weighted by molar-refractivity contribution is -0.381. The van der Waals surface area contributed by atoms with Crippen molar-refractivity contribution < 1.29 is 39.5 Å². The summed E-state index contributed by atoms with van der Waals surface area (Å²) in [5.41, 5.74) is 0. The average Bonchev–Trinajstić information content (AvgIpc) is 2.01. The van der Waals surface area contributed by atoms with E-state index in [0.717, 1.165) is 0 Å². The van der Waals surface area contributed by atoms with Crippen molar-refractivity contribution in [3.8, 4) is 0 Å². The van der Waals surface area contributed by atoms with Gasteiger partial charge in [0.15, 0.2) is 0 Å². The van der Waals surface area contributed by atoms with E-state index in [1.165, 1.54) is 0 Å². The molecular weight excluding hydrogens is 263 g/mol. The van der Waals surface area contributed by atoms with Crippen molar-refractivity contribution in [1.82, 2.24) is 0 Å². The maximum absolute atomic E-state index is 12.2. The minimum atomic E-state index is -6.79. The van der Waals surface area contributed by atoms with Gasteiger partial charge in [0.2, 0.25) is 0 Å². The zero-order valence-corrected chi connectivity index (χ0v) is 7.63. The summed E-state index contributed by atoms with van der Waals surface area (Å²) in [5.74, 6) is -13.3. The molecule has 0 nitrogen and oxygen atoms in total. The van der Waals surface area contributed by atoms with Gasteiger partial charge in [-0.15, -0.1) is 0 Å². The van der Waals surface area contributed by atoms with Crippen LogP contribution < -0.4 is 0 Å². The van der Waals surface area contributed by atoms with Crippen LogP contribution in [0, 0.1) is 0 Å². The van der Waals surface area contributed by atoms with Crippen molar-refractivity contribution in [2.45, 2.75) is 23.3 Å². The Morgan fingerprint density at radius 1 is 0.667 bits per heavy atom. The first kappa shape index (κ1) is 14.7. The van der Waals surface area contributed by atoms with Crippen LogP contribution in [-0.4, -0.2) is 29.5 Å². The van der Waals surface area contributed by atoms with Crippen LogP contribution in [0.5, 0.6) is 0 Å². The molecule has 15 heavy (non-hydrogen) atoms. The number of hydrogen-bond acceptors (Lipinski definition) is 1. The minimum Gasteiger partial charge on any atom is -0.191 e. The Kier molecular flexibility index (Phi) is 3.56. The molecular formula is C5H3F9S. The zero-order chi connectivity index (χ0) is 12.7. The molecule has 0 spiro atoms. The Labute approximate surface area is 81.8 Å². The third-order valence-electron chi connectivity index (χ3n) is 1.37. The fourth-order valence-electron chi connectivity index (χ4n) is 0.489. The van der Waals surface area contributed by atoms with Gasteiger partial charge in [-0.25, -0.2) is 0 Å². The molecule has 10 heteroatoms. The summed E-state index contributed by atoms with van der Waals surface area (Å²) in [6.45, 7) is 0. The lowest BCUT2D eigenvalue weighted by Crippen LogP contribution is -2.59. The van der Waals surface area contributed by atoms with Gasteiger partial charge in [-0.3, -0.25) is 0 Å². The van der Waals surface area contributed by atoms with Gasteiger partial charge in [-0.2, -0.15) is 39.5 Å². The molecule has 0 bridgehead atoms. The van der Waals surface area contributed by atoms with Gasteiger partial charge >= 0.3 is 23.3 Å². The summed E-state index contributed by atoms with van der Waals surface area (Å²) in [6, 6.07) is 0. The molecule has 0 saturated carbocycles. The van der Waals surface area contributed by atoms with Crippen LogP contribution >= 0.6 is 11.8 Å². The second kappa shape index (κ2) is 3.63. The molecule has 0 fully saturated rings.